The Morgan fingerprint density at radius 2 is 1.93 bits per heavy atom. The zero-order chi connectivity index (χ0) is 20.3. The Bertz CT molecular complexity index is 800. The van der Waals surface area contributed by atoms with Gasteiger partial charge in [0.1, 0.15) is 5.75 Å². The maximum Gasteiger partial charge on any atom is 0.573 e. The number of anilines is 1. The van der Waals surface area contributed by atoms with Crippen LogP contribution in [-0.2, 0) is 11.3 Å². The van der Waals surface area contributed by atoms with Crippen molar-refractivity contribution in [2.24, 2.45) is 0 Å². The topological polar surface area (TPSA) is 63.7 Å². The lowest BCUT2D eigenvalue weighted by molar-refractivity contribution is -0.274. The van der Waals surface area contributed by atoms with Crippen LogP contribution in [-0.4, -0.2) is 47.5 Å². The van der Waals surface area contributed by atoms with Crippen LogP contribution in [0.4, 0.5) is 18.3 Å². The molecule has 10 heteroatoms. The van der Waals surface area contributed by atoms with Crippen LogP contribution in [0.3, 0.4) is 0 Å². The Balaban J connectivity index is 1.56. The number of hydrogen-bond acceptors (Lipinski definition) is 6. The molecule has 1 aliphatic rings. The minimum Gasteiger partial charge on any atom is -0.406 e. The van der Waals surface area contributed by atoms with Gasteiger partial charge in [0.05, 0.1) is 17.9 Å². The van der Waals surface area contributed by atoms with Crippen LogP contribution in [0.1, 0.15) is 29.9 Å². The van der Waals surface area contributed by atoms with Crippen LogP contribution in [0, 0.1) is 0 Å². The lowest BCUT2D eigenvalue weighted by atomic mass is 10.2. The molecule has 152 valence electrons. The lowest BCUT2D eigenvalue weighted by Gasteiger charge is -2.34. The minimum absolute atomic E-state index is 0.158. The van der Waals surface area contributed by atoms with E-state index in [1.54, 1.807) is 0 Å². The van der Waals surface area contributed by atoms with Gasteiger partial charge in [0.2, 0.25) is 0 Å². The molecule has 1 fully saturated rings. The molecule has 1 aliphatic heterocycles. The van der Waals surface area contributed by atoms with Crippen molar-refractivity contribution in [3.05, 3.63) is 40.9 Å². The zero-order valence-corrected chi connectivity index (χ0v) is 16.1. The van der Waals surface area contributed by atoms with Crippen molar-refractivity contribution in [2.45, 2.75) is 39.0 Å². The minimum atomic E-state index is -4.77. The number of morpholine rings is 1. The number of nitrogens with one attached hydrogen (secondary N) is 1. The molecule has 1 aromatic heterocycles. The van der Waals surface area contributed by atoms with Crippen molar-refractivity contribution in [1.82, 2.24) is 9.88 Å². The van der Waals surface area contributed by atoms with Crippen LogP contribution >= 0.6 is 11.3 Å². The van der Waals surface area contributed by atoms with E-state index in [-0.39, 0.29) is 23.5 Å². The third kappa shape index (κ3) is 5.91. The van der Waals surface area contributed by atoms with Crippen molar-refractivity contribution in [3.8, 4) is 5.75 Å². The van der Waals surface area contributed by atoms with Crippen molar-refractivity contribution < 1.29 is 27.4 Å². The van der Waals surface area contributed by atoms with Crippen molar-refractivity contribution in [2.75, 3.05) is 18.4 Å². The van der Waals surface area contributed by atoms with Crippen LogP contribution in [0.25, 0.3) is 0 Å². The van der Waals surface area contributed by atoms with E-state index in [2.05, 4.69) is 19.9 Å². The maximum atomic E-state index is 12.3. The van der Waals surface area contributed by atoms with Crippen molar-refractivity contribution >= 4 is 22.4 Å². The summed E-state index contributed by atoms with van der Waals surface area (Å²) < 4.78 is 46.0. The summed E-state index contributed by atoms with van der Waals surface area (Å²) in [5, 5.41) is 4.97. The number of carbonyl (C=O) groups is 1. The van der Waals surface area contributed by atoms with E-state index in [4.69, 9.17) is 4.74 Å². The molecular weight excluding hydrogens is 395 g/mol. The summed E-state index contributed by atoms with van der Waals surface area (Å²) in [6.07, 6.45) is -4.45. The highest BCUT2D eigenvalue weighted by molar-refractivity contribution is 7.13. The Kier molecular flexibility index (Phi) is 6.21. The molecule has 0 aliphatic carbocycles. The van der Waals surface area contributed by atoms with Gasteiger partial charge < -0.3 is 9.47 Å². The van der Waals surface area contributed by atoms with E-state index < -0.39 is 12.3 Å². The fourth-order valence-electron chi connectivity index (χ4n) is 3.06. The summed E-state index contributed by atoms with van der Waals surface area (Å²) >= 11 is 1.30. The molecule has 2 atom stereocenters. The van der Waals surface area contributed by atoms with Gasteiger partial charge in [-0.2, -0.15) is 0 Å². The number of aromatic nitrogens is 1. The molecule has 0 saturated carbocycles. The van der Waals surface area contributed by atoms with Crippen LogP contribution in [0.15, 0.2) is 29.6 Å². The number of halogens is 3. The van der Waals surface area contributed by atoms with Gasteiger partial charge in [-0.15, -0.1) is 24.5 Å². The molecular formula is C18H20F3N3O3S. The number of nitrogens with zero attached hydrogens (tertiary/aromatic N) is 2. The zero-order valence-electron chi connectivity index (χ0n) is 15.3. The number of carbonyl (C=O) groups excluding carboxylic acids is 1. The molecule has 1 saturated heterocycles. The number of hydrogen-bond donors (Lipinski definition) is 1. The molecule has 6 nitrogen and oxygen atoms in total. The van der Waals surface area contributed by atoms with E-state index in [9.17, 15) is 18.0 Å². The Morgan fingerprint density at radius 3 is 2.54 bits per heavy atom. The molecule has 3 rings (SSSR count). The fraction of sp³-hybridized carbons (Fsp3) is 0.444. The molecule has 2 heterocycles. The van der Waals surface area contributed by atoms with Gasteiger partial charge in [-0.05, 0) is 38.1 Å². The molecule has 1 N–H and O–H groups in total. The smallest absolute Gasteiger partial charge is 0.406 e. The number of alkyl halides is 3. The molecule has 1 amide bonds. The maximum absolute atomic E-state index is 12.3. The molecule has 2 aromatic rings. The SMILES string of the molecule is C[C@@H]1CN(Cc2csc(NC(=O)c3ccc(OC(F)(F)F)cc3)n2)C[C@@H](C)O1. The summed E-state index contributed by atoms with van der Waals surface area (Å²) in [6.45, 7) is 6.35. The predicted molar refractivity (Wildman–Crippen MR) is 98.5 cm³/mol. The Morgan fingerprint density at radius 1 is 1.29 bits per heavy atom. The van der Waals surface area contributed by atoms with Crippen molar-refractivity contribution in [1.29, 1.82) is 0 Å². The Labute approximate surface area is 164 Å². The van der Waals surface area contributed by atoms with E-state index in [1.165, 1.54) is 23.5 Å². The first kappa shape index (κ1) is 20.6. The first-order chi connectivity index (χ1) is 13.2. The van der Waals surface area contributed by atoms with Gasteiger partial charge in [0.25, 0.3) is 5.91 Å². The average molecular weight is 415 g/mol. The largest absolute Gasteiger partial charge is 0.573 e. The first-order valence-electron chi connectivity index (χ1n) is 8.67. The van der Waals surface area contributed by atoms with E-state index in [0.717, 1.165) is 30.9 Å². The third-order valence-corrected chi connectivity index (χ3v) is 4.81. The first-order valence-corrected chi connectivity index (χ1v) is 9.55. The summed E-state index contributed by atoms with van der Waals surface area (Å²) in [7, 11) is 0. The fourth-order valence-corrected chi connectivity index (χ4v) is 3.75. The number of benzene rings is 1. The standard InChI is InChI=1S/C18H20F3N3O3S/c1-11-7-24(8-12(2)26-11)9-14-10-28-17(22-14)23-16(25)13-3-5-15(6-4-13)27-18(19,20)21/h3-6,10-12H,7-9H2,1-2H3,(H,22,23,25)/t11-,12-/m1/s1. The number of ether oxygens (including phenoxy) is 2. The number of amides is 1. The normalized spacial score (nSPS) is 20.8. The van der Waals surface area contributed by atoms with E-state index in [0.29, 0.717) is 11.7 Å². The highest BCUT2D eigenvalue weighted by atomic mass is 32.1. The van der Waals surface area contributed by atoms with Crippen LogP contribution in [0.5, 0.6) is 5.75 Å². The highest BCUT2D eigenvalue weighted by Crippen LogP contribution is 2.24. The second kappa shape index (κ2) is 8.46. The van der Waals surface area contributed by atoms with Crippen LogP contribution < -0.4 is 10.1 Å². The second-order valence-electron chi connectivity index (χ2n) is 6.62. The highest BCUT2D eigenvalue weighted by Gasteiger charge is 2.31. The number of thiazole rings is 1. The Hall–Kier alpha value is -2.17. The quantitative estimate of drug-likeness (QED) is 0.803. The monoisotopic (exact) mass is 415 g/mol. The van der Waals surface area contributed by atoms with Crippen molar-refractivity contribution in [3.63, 3.8) is 0 Å². The lowest BCUT2D eigenvalue weighted by Crippen LogP contribution is -2.44. The molecule has 0 radical (unpaired) electrons. The number of rotatable bonds is 5. The third-order valence-electron chi connectivity index (χ3n) is 4.00. The van der Waals surface area contributed by atoms with Gasteiger partial charge in [-0.25, -0.2) is 4.98 Å². The van der Waals surface area contributed by atoms with E-state index >= 15 is 0 Å². The van der Waals surface area contributed by atoms with Gasteiger partial charge in [-0.1, -0.05) is 0 Å². The molecule has 0 spiro atoms. The van der Waals surface area contributed by atoms with Gasteiger partial charge in [-0.3, -0.25) is 15.0 Å². The van der Waals surface area contributed by atoms with Crippen LogP contribution in [0.2, 0.25) is 0 Å². The predicted octanol–water partition coefficient (Wildman–Crippen LogP) is 3.90. The average Bonchev–Trinajstić information content (AvgIpc) is 2.99. The summed E-state index contributed by atoms with van der Waals surface area (Å²) in [4.78, 5) is 18.9. The molecule has 0 bridgehead atoms. The van der Waals surface area contributed by atoms with Gasteiger partial charge >= 0.3 is 6.36 Å². The molecule has 0 unspecified atom stereocenters. The molecule has 28 heavy (non-hydrogen) atoms. The van der Waals surface area contributed by atoms with Gasteiger partial charge in [0, 0.05) is 30.6 Å². The van der Waals surface area contributed by atoms with E-state index in [1.807, 2.05) is 19.2 Å². The molecule has 1 aromatic carbocycles. The summed E-state index contributed by atoms with van der Waals surface area (Å²) in [5.74, 6) is -0.831. The second-order valence-corrected chi connectivity index (χ2v) is 7.48. The summed E-state index contributed by atoms with van der Waals surface area (Å²) in [6, 6.07) is 4.72. The van der Waals surface area contributed by atoms with Gasteiger partial charge in [0.15, 0.2) is 5.13 Å². The summed E-state index contributed by atoms with van der Waals surface area (Å²) in [5.41, 5.74) is 1.05.